The summed E-state index contributed by atoms with van der Waals surface area (Å²) < 4.78 is 36.2. The number of carbonyl (C=O) groups excluding carboxylic acids is 1. The second-order valence-electron chi connectivity index (χ2n) is 3.93. The van der Waals surface area contributed by atoms with Gasteiger partial charge in [-0.3, -0.25) is 4.79 Å². The number of amides is 1. The molecule has 6 nitrogen and oxygen atoms in total. The van der Waals surface area contributed by atoms with Crippen molar-refractivity contribution in [2.75, 3.05) is 6.79 Å². The Morgan fingerprint density at radius 3 is 2.75 bits per heavy atom. The molecule has 0 atom stereocenters. The number of benzene rings is 1. The van der Waals surface area contributed by atoms with Crippen molar-refractivity contribution in [2.45, 2.75) is 4.21 Å². The monoisotopic (exact) mass is 311 g/mol. The maximum atomic E-state index is 12.0. The molecule has 0 unspecified atom stereocenters. The molecule has 0 radical (unpaired) electrons. The summed E-state index contributed by atoms with van der Waals surface area (Å²) in [6.45, 7) is 0.0912. The van der Waals surface area contributed by atoms with E-state index in [1.54, 1.807) is 17.5 Å². The molecule has 1 aromatic carbocycles. The van der Waals surface area contributed by atoms with E-state index in [2.05, 4.69) is 0 Å². The summed E-state index contributed by atoms with van der Waals surface area (Å²) in [6.07, 6.45) is 0. The minimum Gasteiger partial charge on any atom is -0.454 e. The number of fused-ring (bicyclic) bond motifs is 1. The Morgan fingerprint density at radius 1 is 1.20 bits per heavy atom. The van der Waals surface area contributed by atoms with Crippen LogP contribution in [0.2, 0.25) is 0 Å². The first-order valence-corrected chi connectivity index (χ1v) is 7.93. The van der Waals surface area contributed by atoms with Gasteiger partial charge in [-0.15, -0.1) is 11.3 Å². The second-order valence-corrected chi connectivity index (χ2v) is 6.79. The van der Waals surface area contributed by atoms with Gasteiger partial charge in [0, 0.05) is 5.56 Å². The number of carbonyl (C=O) groups is 1. The number of hydrogen-bond acceptors (Lipinski definition) is 6. The van der Waals surface area contributed by atoms with Crippen molar-refractivity contribution in [3.05, 3.63) is 41.3 Å². The predicted octanol–water partition coefficient (Wildman–Crippen LogP) is 1.60. The van der Waals surface area contributed by atoms with E-state index in [0.29, 0.717) is 11.5 Å². The van der Waals surface area contributed by atoms with Gasteiger partial charge in [0.2, 0.25) is 6.79 Å². The molecule has 0 spiro atoms. The van der Waals surface area contributed by atoms with E-state index in [4.69, 9.17) is 9.47 Å². The quantitative estimate of drug-likeness (QED) is 0.931. The zero-order valence-corrected chi connectivity index (χ0v) is 11.7. The number of hydrogen-bond donors (Lipinski definition) is 1. The molecule has 104 valence electrons. The van der Waals surface area contributed by atoms with Gasteiger partial charge in [-0.1, -0.05) is 6.07 Å². The van der Waals surface area contributed by atoms with Crippen molar-refractivity contribution in [2.24, 2.45) is 0 Å². The highest BCUT2D eigenvalue weighted by atomic mass is 32.2. The van der Waals surface area contributed by atoms with Gasteiger partial charge in [0.25, 0.3) is 15.9 Å². The Balaban J connectivity index is 1.83. The van der Waals surface area contributed by atoms with Crippen LogP contribution in [0.15, 0.2) is 39.9 Å². The molecule has 20 heavy (non-hydrogen) atoms. The molecular formula is C12H9NO5S2. The molecular weight excluding hydrogens is 302 g/mol. The predicted molar refractivity (Wildman–Crippen MR) is 71.5 cm³/mol. The van der Waals surface area contributed by atoms with Crippen LogP contribution < -0.4 is 14.2 Å². The maximum absolute atomic E-state index is 12.0. The van der Waals surface area contributed by atoms with Crippen molar-refractivity contribution in [1.82, 2.24) is 4.72 Å². The summed E-state index contributed by atoms with van der Waals surface area (Å²) in [7, 11) is -3.83. The van der Waals surface area contributed by atoms with Crippen LogP contribution in [0.4, 0.5) is 0 Å². The van der Waals surface area contributed by atoms with Crippen LogP contribution in [0.25, 0.3) is 0 Å². The molecule has 1 aliphatic rings. The van der Waals surface area contributed by atoms with Gasteiger partial charge < -0.3 is 9.47 Å². The highest BCUT2D eigenvalue weighted by Gasteiger charge is 2.21. The molecule has 2 aromatic rings. The zero-order chi connectivity index (χ0) is 14.2. The molecule has 0 saturated heterocycles. The summed E-state index contributed by atoms with van der Waals surface area (Å²) in [5.41, 5.74) is 0.189. The Hall–Kier alpha value is -2.06. The van der Waals surface area contributed by atoms with E-state index in [9.17, 15) is 13.2 Å². The first kappa shape index (κ1) is 12.9. The summed E-state index contributed by atoms with van der Waals surface area (Å²) in [6, 6.07) is 7.52. The maximum Gasteiger partial charge on any atom is 0.273 e. The Labute approximate surface area is 119 Å². The average Bonchev–Trinajstić information content (AvgIpc) is 3.09. The molecule has 8 heteroatoms. The third kappa shape index (κ3) is 2.35. The van der Waals surface area contributed by atoms with Crippen molar-refractivity contribution in [3.8, 4) is 11.5 Å². The molecule has 0 fully saturated rings. The van der Waals surface area contributed by atoms with Crippen LogP contribution in [-0.2, 0) is 10.0 Å². The average molecular weight is 311 g/mol. The van der Waals surface area contributed by atoms with Crippen LogP contribution in [0.1, 0.15) is 10.4 Å². The standard InChI is InChI=1S/C12H9NO5S2/c14-12(13-20(15,16)11-2-1-5-19-11)8-3-4-9-10(6-8)18-7-17-9/h1-6H,7H2,(H,13,14). The fourth-order valence-electron chi connectivity index (χ4n) is 1.69. The summed E-state index contributed by atoms with van der Waals surface area (Å²) >= 11 is 1.04. The fourth-order valence-corrected chi connectivity index (χ4v) is 3.65. The smallest absolute Gasteiger partial charge is 0.273 e. The highest BCUT2D eigenvalue weighted by molar-refractivity contribution is 7.92. The topological polar surface area (TPSA) is 81.7 Å². The van der Waals surface area contributed by atoms with Gasteiger partial charge in [-0.2, -0.15) is 0 Å². The molecule has 1 aliphatic heterocycles. The van der Waals surface area contributed by atoms with E-state index in [0.717, 1.165) is 11.3 Å². The highest BCUT2D eigenvalue weighted by Crippen LogP contribution is 2.32. The Kier molecular flexibility index (Phi) is 3.11. The normalized spacial score (nSPS) is 13.2. The van der Waals surface area contributed by atoms with E-state index >= 15 is 0 Å². The largest absolute Gasteiger partial charge is 0.454 e. The van der Waals surface area contributed by atoms with Crippen LogP contribution >= 0.6 is 11.3 Å². The Morgan fingerprint density at radius 2 is 2.00 bits per heavy atom. The van der Waals surface area contributed by atoms with Gasteiger partial charge in [0.05, 0.1) is 0 Å². The van der Waals surface area contributed by atoms with Crippen LogP contribution in [0.5, 0.6) is 11.5 Å². The molecule has 2 heterocycles. The lowest BCUT2D eigenvalue weighted by atomic mass is 10.2. The number of nitrogens with one attached hydrogen (secondary N) is 1. The molecule has 1 aromatic heterocycles. The summed E-state index contributed by atoms with van der Waals surface area (Å²) in [5.74, 6) is 0.241. The lowest BCUT2D eigenvalue weighted by Crippen LogP contribution is -2.29. The van der Waals surface area contributed by atoms with E-state index < -0.39 is 15.9 Å². The third-order valence-electron chi connectivity index (χ3n) is 2.62. The molecule has 0 bridgehead atoms. The molecule has 3 rings (SSSR count). The van der Waals surface area contributed by atoms with E-state index in [1.165, 1.54) is 18.2 Å². The van der Waals surface area contributed by atoms with Gasteiger partial charge in [-0.05, 0) is 29.6 Å². The Bertz CT molecular complexity index is 752. The summed E-state index contributed by atoms with van der Waals surface area (Å²) in [5, 5.41) is 1.62. The van der Waals surface area contributed by atoms with E-state index in [-0.39, 0.29) is 16.6 Å². The first-order chi connectivity index (χ1) is 9.56. The SMILES string of the molecule is O=C(NS(=O)(=O)c1cccs1)c1ccc2c(c1)OCO2. The number of rotatable bonds is 3. The van der Waals surface area contributed by atoms with Crippen molar-refractivity contribution in [1.29, 1.82) is 0 Å². The molecule has 0 aliphatic carbocycles. The van der Waals surface area contributed by atoms with Crippen LogP contribution in [0.3, 0.4) is 0 Å². The first-order valence-electron chi connectivity index (χ1n) is 5.56. The number of ether oxygens (including phenoxy) is 2. The van der Waals surface area contributed by atoms with Crippen molar-refractivity contribution in [3.63, 3.8) is 0 Å². The zero-order valence-electron chi connectivity index (χ0n) is 10.0. The van der Waals surface area contributed by atoms with Crippen molar-refractivity contribution < 1.29 is 22.7 Å². The van der Waals surface area contributed by atoms with Gasteiger partial charge in [0.1, 0.15) is 4.21 Å². The van der Waals surface area contributed by atoms with E-state index in [1.807, 2.05) is 4.72 Å². The van der Waals surface area contributed by atoms with Crippen LogP contribution in [-0.4, -0.2) is 21.1 Å². The third-order valence-corrected chi connectivity index (χ3v) is 5.35. The van der Waals surface area contributed by atoms with Gasteiger partial charge in [-0.25, -0.2) is 13.1 Å². The fraction of sp³-hybridized carbons (Fsp3) is 0.0833. The van der Waals surface area contributed by atoms with Crippen molar-refractivity contribution >= 4 is 27.3 Å². The number of thiophene rings is 1. The molecule has 1 N–H and O–H groups in total. The molecule has 1 amide bonds. The summed E-state index contributed by atoms with van der Waals surface area (Å²) in [4.78, 5) is 12.0. The lowest BCUT2D eigenvalue weighted by Gasteiger charge is -2.05. The van der Waals surface area contributed by atoms with Gasteiger partial charge in [0.15, 0.2) is 11.5 Å². The van der Waals surface area contributed by atoms with Crippen LogP contribution in [0, 0.1) is 0 Å². The second kappa shape index (κ2) is 4.80. The minimum atomic E-state index is -3.83. The van der Waals surface area contributed by atoms with Gasteiger partial charge >= 0.3 is 0 Å². The lowest BCUT2D eigenvalue weighted by molar-refractivity contribution is 0.0981. The minimum absolute atomic E-state index is 0.0894. The molecule has 0 saturated carbocycles. The number of sulfonamides is 1.